The zero-order chi connectivity index (χ0) is 21.0. The second-order valence-corrected chi connectivity index (χ2v) is 8.92. The third-order valence-electron chi connectivity index (χ3n) is 6.48. The molecule has 2 saturated heterocycles. The van der Waals surface area contributed by atoms with Crippen LogP contribution >= 0.6 is 0 Å². The lowest BCUT2D eigenvalue weighted by Crippen LogP contribution is -2.32. The summed E-state index contributed by atoms with van der Waals surface area (Å²) in [5, 5.41) is 10.2. The van der Waals surface area contributed by atoms with Gasteiger partial charge in [-0.2, -0.15) is 13.2 Å². The first-order valence-corrected chi connectivity index (χ1v) is 10.6. The topological polar surface area (TPSA) is 78.9 Å². The maximum atomic E-state index is 12.1. The highest BCUT2D eigenvalue weighted by atomic mass is 19.4. The number of nitrogens with zero attached hydrogens (tertiary/aromatic N) is 1. The first-order valence-electron chi connectivity index (χ1n) is 10.6. The number of aliphatic carboxylic acids is 1. The summed E-state index contributed by atoms with van der Waals surface area (Å²) in [6, 6.07) is 0. The third-order valence-corrected chi connectivity index (χ3v) is 6.48. The third kappa shape index (κ3) is 6.84. The van der Waals surface area contributed by atoms with Gasteiger partial charge in [0.15, 0.2) is 0 Å². The van der Waals surface area contributed by atoms with Crippen molar-refractivity contribution in [3.63, 3.8) is 0 Å². The van der Waals surface area contributed by atoms with Gasteiger partial charge in [0.2, 0.25) is 5.91 Å². The maximum absolute atomic E-state index is 12.1. The molecule has 0 unspecified atom stereocenters. The van der Waals surface area contributed by atoms with Crippen molar-refractivity contribution in [2.75, 3.05) is 32.8 Å². The molecule has 0 aromatic heterocycles. The van der Waals surface area contributed by atoms with E-state index in [0.29, 0.717) is 24.4 Å². The van der Waals surface area contributed by atoms with Crippen LogP contribution in [0.3, 0.4) is 0 Å². The van der Waals surface area contributed by atoms with Gasteiger partial charge in [0.1, 0.15) is 0 Å². The smallest absolute Gasteiger partial charge is 0.475 e. The van der Waals surface area contributed by atoms with Crippen molar-refractivity contribution >= 4 is 11.9 Å². The fraction of sp³-hybridized carbons (Fsp3) is 0.900. The Balaban J connectivity index is 0.000000298. The van der Waals surface area contributed by atoms with Crippen molar-refractivity contribution in [3.05, 3.63) is 0 Å². The number of hydrogen-bond donors (Lipinski definition) is 2. The van der Waals surface area contributed by atoms with Gasteiger partial charge in [0.05, 0.1) is 12.7 Å². The van der Waals surface area contributed by atoms with E-state index in [2.05, 4.69) is 10.2 Å². The molecule has 2 aliphatic carbocycles. The molecule has 9 heteroatoms. The van der Waals surface area contributed by atoms with E-state index in [9.17, 15) is 18.0 Å². The Morgan fingerprint density at radius 3 is 2.31 bits per heavy atom. The minimum atomic E-state index is -5.08. The van der Waals surface area contributed by atoms with Gasteiger partial charge < -0.3 is 20.1 Å². The first-order chi connectivity index (χ1) is 13.7. The molecule has 4 rings (SSSR count). The lowest BCUT2D eigenvalue weighted by Gasteiger charge is -2.22. The molecule has 29 heavy (non-hydrogen) atoms. The first kappa shape index (κ1) is 22.3. The summed E-state index contributed by atoms with van der Waals surface area (Å²) in [5.74, 6) is 0.206. The van der Waals surface area contributed by atoms with Crippen LogP contribution in [0, 0.1) is 23.7 Å². The monoisotopic (exact) mass is 420 g/mol. The van der Waals surface area contributed by atoms with Gasteiger partial charge >= 0.3 is 12.1 Å². The number of alkyl halides is 3. The Morgan fingerprint density at radius 2 is 1.72 bits per heavy atom. The molecule has 6 nitrogen and oxygen atoms in total. The molecule has 4 aliphatic rings. The van der Waals surface area contributed by atoms with Gasteiger partial charge in [0, 0.05) is 38.5 Å². The minimum absolute atomic E-state index is 0.246. The number of carbonyl (C=O) groups excluding carboxylic acids is 1. The summed E-state index contributed by atoms with van der Waals surface area (Å²) in [5.41, 5.74) is 0. The Morgan fingerprint density at radius 1 is 1.07 bits per heavy atom. The van der Waals surface area contributed by atoms with E-state index in [0.717, 1.165) is 38.1 Å². The number of nitrogens with one attached hydrogen (secondary N) is 1. The number of carbonyl (C=O) groups is 2. The van der Waals surface area contributed by atoms with E-state index in [-0.39, 0.29) is 5.91 Å². The Bertz CT molecular complexity index is 577. The van der Waals surface area contributed by atoms with E-state index < -0.39 is 12.1 Å². The Kier molecular flexibility index (Phi) is 7.42. The van der Waals surface area contributed by atoms with Crippen LogP contribution in [-0.2, 0) is 14.3 Å². The number of hydrogen-bond acceptors (Lipinski definition) is 4. The summed E-state index contributed by atoms with van der Waals surface area (Å²) in [4.78, 5) is 23.6. The molecule has 0 bridgehead atoms. The minimum Gasteiger partial charge on any atom is -0.475 e. The van der Waals surface area contributed by atoms with Crippen molar-refractivity contribution in [1.29, 1.82) is 0 Å². The predicted molar refractivity (Wildman–Crippen MR) is 99.2 cm³/mol. The average molecular weight is 420 g/mol. The number of carboxylic acids is 1. The zero-order valence-electron chi connectivity index (χ0n) is 16.6. The highest BCUT2D eigenvalue weighted by Crippen LogP contribution is 2.37. The number of halogens is 3. The van der Waals surface area contributed by atoms with E-state index in [1.807, 2.05) is 0 Å². The molecule has 0 aromatic rings. The molecule has 2 saturated carbocycles. The van der Waals surface area contributed by atoms with Gasteiger partial charge in [-0.1, -0.05) is 12.8 Å². The quantitative estimate of drug-likeness (QED) is 0.691. The van der Waals surface area contributed by atoms with Crippen LogP contribution < -0.4 is 5.32 Å². The molecule has 0 spiro atoms. The van der Waals surface area contributed by atoms with E-state index in [1.165, 1.54) is 45.1 Å². The van der Waals surface area contributed by atoms with Crippen molar-refractivity contribution in [3.8, 4) is 0 Å². The Labute approximate surface area is 169 Å². The molecule has 2 N–H and O–H groups in total. The Hall–Kier alpha value is -1.35. The summed E-state index contributed by atoms with van der Waals surface area (Å²) < 4.78 is 37.7. The lowest BCUT2D eigenvalue weighted by molar-refractivity contribution is -0.192. The molecule has 166 valence electrons. The van der Waals surface area contributed by atoms with Crippen molar-refractivity contribution < 1.29 is 32.6 Å². The van der Waals surface area contributed by atoms with E-state index in [4.69, 9.17) is 14.6 Å². The normalized spacial score (nSPS) is 30.0. The standard InChI is InChI=1S/C18H30N2O2.C2HF3O2/c21-18(19-8-13-5-6-13)7-15-12-22-17-11-20(10-16(15)17)9-14-3-1-2-4-14;3-2(4,5)1(6)7/h13-17H,1-12H2,(H,19,21);(H,6,7)/t15-,16-,17-;/m1./s1. The molecule has 3 atom stereocenters. The molecule has 2 aliphatic heterocycles. The van der Waals surface area contributed by atoms with Crippen LogP contribution in [0.5, 0.6) is 0 Å². The second-order valence-electron chi connectivity index (χ2n) is 8.92. The molecular formula is C20H31F3N2O4. The van der Waals surface area contributed by atoms with Gasteiger partial charge in [-0.3, -0.25) is 4.79 Å². The van der Waals surface area contributed by atoms with Gasteiger partial charge in [0.25, 0.3) is 0 Å². The van der Waals surface area contributed by atoms with Gasteiger partial charge in [-0.25, -0.2) is 4.79 Å². The number of fused-ring (bicyclic) bond motifs is 1. The number of likely N-dealkylation sites (tertiary alicyclic amines) is 1. The summed E-state index contributed by atoms with van der Waals surface area (Å²) in [6.45, 7) is 5.21. The highest BCUT2D eigenvalue weighted by Gasteiger charge is 2.44. The largest absolute Gasteiger partial charge is 0.490 e. The molecule has 1 amide bonds. The summed E-state index contributed by atoms with van der Waals surface area (Å²) in [6.07, 6.45) is 4.26. The molecular weight excluding hydrogens is 389 g/mol. The van der Waals surface area contributed by atoms with Crippen LogP contribution in [0.2, 0.25) is 0 Å². The fourth-order valence-electron chi connectivity index (χ4n) is 4.69. The van der Waals surface area contributed by atoms with Crippen molar-refractivity contribution in [2.24, 2.45) is 23.7 Å². The fourth-order valence-corrected chi connectivity index (χ4v) is 4.69. The average Bonchev–Trinajstić information content (AvgIpc) is 3.00. The number of carboxylic acid groups (broad SMARTS) is 1. The molecule has 4 fully saturated rings. The van der Waals surface area contributed by atoms with Gasteiger partial charge in [-0.05, 0) is 43.4 Å². The predicted octanol–water partition coefficient (Wildman–Crippen LogP) is 2.67. The zero-order valence-corrected chi connectivity index (χ0v) is 16.6. The summed E-state index contributed by atoms with van der Waals surface area (Å²) >= 11 is 0. The van der Waals surface area contributed by atoms with Gasteiger partial charge in [-0.15, -0.1) is 0 Å². The highest BCUT2D eigenvalue weighted by molar-refractivity contribution is 5.76. The van der Waals surface area contributed by atoms with Crippen molar-refractivity contribution in [2.45, 2.75) is 57.2 Å². The lowest BCUT2D eigenvalue weighted by atomic mass is 9.90. The summed E-state index contributed by atoms with van der Waals surface area (Å²) in [7, 11) is 0. The molecule has 2 heterocycles. The van der Waals surface area contributed by atoms with Crippen LogP contribution in [-0.4, -0.2) is 66.9 Å². The molecule has 0 radical (unpaired) electrons. The van der Waals surface area contributed by atoms with E-state index in [1.54, 1.807) is 0 Å². The molecule has 0 aromatic carbocycles. The van der Waals surface area contributed by atoms with Crippen LogP contribution in [0.4, 0.5) is 13.2 Å². The number of ether oxygens (including phenoxy) is 1. The van der Waals surface area contributed by atoms with Crippen LogP contribution in [0.25, 0.3) is 0 Å². The van der Waals surface area contributed by atoms with E-state index >= 15 is 0 Å². The van der Waals surface area contributed by atoms with Crippen LogP contribution in [0.1, 0.15) is 44.9 Å². The second kappa shape index (κ2) is 9.64. The SMILES string of the molecule is O=C(C[C@@H]1CO[C@@H]2CN(CC3CCCC3)C[C@H]12)NCC1CC1.O=C(O)C(F)(F)F. The van der Waals surface area contributed by atoms with Crippen molar-refractivity contribution in [1.82, 2.24) is 10.2 Å². The van der Waals surface area contributed by atoms with Crippen LogP contribution in [0.15, 0.2) is 0 Å². The number of rotatable bonds is 6. The maximum Gasteiger partial charge on any atom is 0.490 e. The number of amides is 1.